The molecule has 1 aromatic rings. The van der Waals surface area contributed by atoms with Crippen molar-refractivity contribution in [2.24, 2.45) is 5.92 Å². The van der Waals surface area contributed by atoms with Crippen LogP contribution in [0.1, 0.15) is 30.4 Å². The van der Waals surface area contributed by atoms with Gasteiger partial charge in [-0.25, -0.2) is 0 Å². The fourth-order valence-corrected chi connectivity index (χ4v) is 4.01. The SMILES string of the molecule is O=C(NCc1ccccc1CN1CC[C@@H](O)C1)C1CCN(CC(F)(F)F)CC1. The van der Waals surface area contributed by atoms with Crippen molar-refractivity contribution < 1.29 is 23.1 Å². The highest BCUT2D eigenvalue weighted by molar-refractivity contribution is 5.78. The smallest absolute Gasteiger partial charge is 0.392 e. The molecule has 5 nitrogen and oxygen atoms in total. The Hall–Kier alpha value is -1.64. The van der Waals surface area contributed by atoms with Crippen LogP contribution in [0.4, 0.5) is 13.2 Å². The molecule has 2 saturated heterocycles. The van der Waals surface area contributed by atoms with Gasteiger partial charge in [-0.05, 0) is 43.5 Å². The van der Waals surface area contributed by atoms with Crippen LogP contribution >= 0.6 is 0 Å². The third kappa shape index (κ3) is 6.18. The number of piperidine rings is 1. The van der Waals surface area contributed by atoms with Crippen molar-refractivity contribution in [2.45, 2.75) is 44.6 Å². The van der Waals surface area contributed by atoms with Crippen LogP contribution in [0.15, 0.2) is 24.3 Å². The van der Waals surface area contributed by atoms with Crippen molar-refractivity contribution in [3.05, 3.63) is 35.4 Å². The summed E-state index contributed by atoms with van der Waals surface area (Å²) in [5, 5.41) is 12.6. The Balaban J connectivity index is 1.47. The van der Waals surface area contributed by atoms with Gasteiger partial charge in [0.1, 0.15) is 0 Å². The first-order chi connectivity index (χ1) is 13.3. The molecule has 8 heteroatoms. The van der Waals surface area contributed by atoms with E-state index in [-0.39, 0.29) is 17.9 Å². The number of nitrogens with zero attached hydrogens (tertiary/aromatic N) is 2. The second-order valence-corrected chi connectivity index (χ2v) is 7.83. The minimum absolute atomic E-state index is 0.0851. The first-order valence-electron chi connectivity index (χ1n) is 9.84. The van der Waals surface area contributed by atoms with Crippen LogP contribution in [-0.4, -0.2) is 65.8 Å². The van der Waals surface area contributed by atoms with E-state index in [9.17, 15) is 23.1 Å². The lowest BCUT2D eigenvalue weighted by atomic mass is 9.95. The third-order valence-corrected chi connectivity index (χ3v) is 5.57. The molecular formula is C20H28F3N3O2. The van der Waals surface area contributed by atoms with Crippen LogP contribution in [0.25, 0.3) is 0 Å². The zero-order valence-electron chi connectivity index (χ0n) is 15.9. The van der Waals surface area contributed by atoms with E-state index in [4.69, 9.17) is 0 Å². The van der Waals surface area contributed by atoms with E-state index in [1.807, 2.05) is 24.3 Å². The number of hydrogen-bond acceptors (Lipinski definition) is 4. The number of aliphatic hydroxyl groups is 1. The first kappa shape index (κ1) is 21.1. The summed E-state index contributed by atoms with van der Waals surface area (Å²) in [6.45, 7) is 2.36. The Morgan fingerprint density at radius 1 is 1.07 bits per heavy atom. The number of halogens is 3. The van der Waals surface area contributed by atoms with Gasteiger partial charge < -0.3 is 10.4 Å². The molecule has 0 aromatic heterocycles. The van der Waals surface area contributed by atoms with Gasteiger partial charge in [0, 0.05) is 32.1 Å². The average molecular weight is 399 g/mol. The minimum atomic E-state index is -4.19. The number of carbonyl (C=O) groups excluding carboxylic acids is 1. The van der Waals surface area contributed by atoms with Gasteiger partial charge in [0.2, 0.25) is 5.91 Å². The lowest BCUT2D eigenvalue weighted by Gasteiger charge is -2.31. The summed E-state index contributed by atoms with van der Waals surface area (Å²) < 4.78 is 37.4. The molecule has 1 aromatic carbocycles. The van der Waals surface area contributed by atoms with Crippen molar-refractivity contribution in [3.63, 3.8) is 0 Å². The lowest BCUT2D eigenvalue weighted by Crippen LogP contribution is -2.43. The summed E-state index contributed by atoms with van der Waals surface area (Å²) in [6.07, 6.45) is -2.77. The zero-order valence-corrected chi connectivity index (χ0v) is 15.9. The van der Waals surface area contributed by atoms with Crippen LogP contribution in [0, 0.1) is 5.92 Å². The predicted molar refractivity (Wildman–Crippen MR) is 99.4 cm³/mol. The number of nitrogens with one attached hydrogen (secondary N) is 1. The second-order valence-electron chi connectivity index (χ2n) is 7.83. The van der Waals surface area contributed by atoms with E-state index in [0.717, 1.165) is 30.6 Å². The maximum atomic E-state index is 12.5. The largest absolute Gasteiger partial charge is 0.401 e. The topological polar surface area (TPSA) is 55.8 Å². The Labute approximate surface area is 163 Å². The third-order valence-electron chi connectivity index (χ3n) is 5.57. The number of hydrogen-bond donors (Lipinski definition) is 2. The molecule has 2 heterocycles. The zero-order chi connectivity index (χ0) is 20.1. The predicted octanol–water partition coefficient (Wildman–Crippen LogP) is 2.14. The molecule has 0 spiro atoms. The molecule has 0 unspecified atom stereocenters. The monoisotopic (exact) mass is 399 g/mol. The molecule has 2 fully saturated rings. The van der Waals surface area contributed by atoms with Gasteiger partial charge in [-0.15, -0.1) is 0 Å². The van der Waals surface area contributed by atoms with Crippen molar-refractivity contribution in [1.29, 1.82) is 0 Å². The van der Waals surface area contributed by atoms with Crippen LogP contribution in [-0.2, 0) is 17.9 Å². The van der Waals surface area contributed by atoms with Gasteiger partial charge in [-0.2, -0.15) is 13.2 Å². The maximum Gasteiger partial charge on any atom is 0.401 e. The summed E-state index contributed by atoms with van der Waals surface area (Å²) in [4.78, 5) is 16.0. The van der Waals surface area contributed by atoms with Gasteiger partial charge in [0.25, 0.3) is 0 Å². The first-order valence-corrected chi connectivity index (χ1v) is 9.84. The lowest BCUT2D eigenvalue weighted by molar-refractivity contribution is -0.149. The fourth-order valence-electron chi connectivity index (χ4n) is 4.01. The fraction of sp³-hybridized carbons (Fsp3) is 0.650. The Morgan fingerprint density at radius 2 is 1.71 bits per heavy atom. The molecule has 3 rings (SSSR count). The second kappa shape index (κ2) is 9.24. The quantitative estimate of drug-likeness (QED) is 0.770. The number of alkyl halides is 3. The summed E-state index contributed by atoms with van der Waals surface area (Å²) in [5.41, 5.74) is 2.16. The number of amides is 1. The highest BCUT2D eigenvalue weighted by Crippen LogP contribution is 2.23. The molecule has 0 radical (unpaired) electrons. The molecule has 0 bridgehead atoms. The summed E-state index contributed by atoms with van der Waals surface area (Å²) in [5.74, 6) is -0.316. The molecular weight excluding hydrogens is 371 g/mol. The maximum absolute atomic E-state index is 12.5. The van der Waals surface area contributed by atoms with Gasteiger partial charge in [-0.3, -0.25) is 14.6 Å². The summed E-state index contributed by atoms with van der Waals surface area (Å²) >= 11 is 0. The average Bonchev–Trinajstić information content (AvgIpc) is 3.05. The van der Waals surface area contributed by atoms with Gasteiger partial charge in [0.05, 0.1) is 12.6 Å². The van der Waals surface area contributed by atoms with Crippen LogP contribution in [0.5, 0.6) is 0 Å². The van der Waals surface area contributed by atoms with E-state index in [2.05, 4.69) is 10.2 Å². The molecule has 0 aliphatic carbocycles. The van der Waals surface area contributed by atoms with Crippen LogP contribution < -0.4 is 5.32 Å². The van der Waals surface area contributed by atoms with Crippen molar-refractivity contribution in [3.8, 4) is 0 Å². The molecule has 2 aliphatic heterocycles. The highest BCUT2D eigenvalue weighted by Gasteiger charge is 2.33. The van der Waals surface area contributed by atoms with Crippen molar-refractivity contribution >= 4 is 5.91 Å². The van der Waals surface area contributed by atoms with E-state index in [1.165, 1.54) is 4.90 Å². The number of carbonyl (C=O) groups is 1. The van der Waals surface area contributed by atoms with Crippen molar-refractivity contribution in [1.82, 2.24) is 15.1 Å². The number of rotatable bonds is 6. The minimum Gasteiger partial charge on any atom is -0.392 e. The Bertz CT molecular complexity index is 660. The summed E-state index contributed by atoms with van der Waals surface area (Å²) in [6, 6.07) is 7.90. The van der Waals surface area contributed by atoms with Gasteiger partial charge in [0.15, 0.2) is 0 Å². The molecule has 1 amide bonds. The molecule has 1 atom stereocenters. The number of likely N-dealkylation sites (tertiary alicyclic amines) is 2. The van der Waals surface area contributed by atoms with Crippen molar-refractivity contribution in [2.75, 3.05) is 32.7 Å². The van der Waals surface area contributed by atoms with Gasteiger partial charge in [-0.1, -0.05) is 24.3 Å². The van der Waals surface area contributed by atoms with E-state index < -0.39 is 12.7 Å². The van der Waals surface area contributed by atoms with E-state index in [0.29, 0.717) is 39.0 Å². The molecule has 2 aliphatic rings. The van der Waals surface area contributed by atoms with Crippen LogP contribution in [0.2, 0.25) is 0 Å². The number of aliphatic hydroxyl groups excluding tert-OH is 1. The summed E-state index contributed by atoms with van der Waals surface area (Å²) in [7, 11) is 0. The molecule has 2 N–H and O–H groups in total. The van der Waals surface area contributed by atoms with E-state index in [1.54, 1.807) is 0 Å². The number of β-amino-alcohol motifs (C(OH)–C–C–N with tert-alkyl or cyclic N) is 1. The van der Waals surface area contributed by atoms with E-state index >= 15 is 0 Å². The number of benzene rings is 1. The molecule has 0 saturated carbocycles. The standard InChI is InChI=1S/C20H28F3N3O2/c21-20(22,23)14-25-8-5-15(6-9-25)19(28)24-11-16-3-1-2-4-17(16)12-26-10-7-18(27)13-26/h1-4,15,18,27H,5-14H2,(H,24,28)/t18-/m1/s1. The Morgan fingerprint density at radius 3 is 2.32 bits per heavy atom. The molecule has 156 valence electrons. The van der Waals surface area contributed by atoms with Gasteiger partial charge >= 0.3 is 6.18 Å². The highest BCUT2D eigenvalue weighted by atomic mass is 19.4. The Kier molecular flexibility index (Phi) is 6.95. The molecule has 28 heavy (non-hydrogen) atoms. The normalized spacial score (nSPS) is 22.5. The van der Waals surface area contributed by atoms with Crippen LogP contribution in [0.3, 0.4) is 0 Å².